The minimum Gasteiger partial charge on any atom is -0.351 e. The maximum absolute atomic E-state index is 12.3. The molecule has 0 aliphatic heterocycles. The highest BCUT2D eigenvalue weighted by Crippen LogP contribution is 2.51. The maximum atomic E-state index is 12.3. The summed E-state index contributed by atoms with van der Waals surface area (Å²) in [5.74, 6) is 0. The Morgan fingerprint density at radius 1 is 1.21 bits per heavy atom. The van der Waals surface area contributed by atoms with Crippen molar-refractivity contribution >= 4 is 19.3 Å². The number of carbonyl (C=O) groups is 1. The zero-order valence-corrected chi connectivity index (χ0v) is 12.0. The molecule has 0 radical (unpaired) electrons. The van der Waals surface area contributed by atoms with E-state index in [4.69, 9.17) is 14.8 Å². The van der Waals surface area contributed by atoms with E-state index >= 15 is 0 Å². The van der Waals surface area contributed by atoms with E-state index in [9.17, 15) is 9.36 Å². The van der Waals surface area contributed by atoms with Crippen LogP contribution in [0.5, 0.6) is 0 Å². The van der Waals surface area contributed by atoms with Crippen molar-refractivity contribution in [3.05, 3.63) is 29.8 Å². The fourth-order valence-electron chi connectivity index (χ4n) is 1.58. The van der Waals surface area contributed by atoms with Gasteiger partial charge < -0.3 is 20.1 Å². The fraction of sp³-hybridized carbons (Fsp3) is 0.417. The summed E-state index contributed by atoms with van der Waals surface area (Å²) >= 11 is 0. The summed E-state index contributed by atoms with van der Waals surface area (Å²) in [5, 5.41) is 2.45. The molecule has 3 N–H and O–H groups in total. The van der Waals surface area contributed by atoms with Gasteiger partial charge in [0, 0.05) is 5.69 Å². The van der Waals surface area contributed by atoms with Crippen molar-refractivity contribution in [2.24, 2.45) is 5.73 Å². The summed E-state index contributed by atoms with van der Waals surface area (Å²) in [4.78, 5) is 10.7. The van der Waals surface area contributed by atoms with E-state index in [1.54, 1.807) is 38.1 Å². The molecule has 1 aromatic carbocycles. The van der Waals surface area contributed by atoms with E-state index in [2.05, 4.69) is 5.32 Å². The van der Waals surface area contributed by atoms with Crippen LogP contribution in [0, 0.1) is 0 Å². The summed E-state index contributed by atoms with van der Waals surface area (Å²) in [7, 11) is -3.10. The van der Waals surface area contributed by atoms with E-state index in [-0.39, 0.29) is 6.16 Å². The van der Waals surface area contributed by atoms with Crippen LogP contribution in [0.15, 0.2) is 24.3 Å². The number of urea groups is 1. The van der Waals surface area contributed by atoms with Gasteiger partial charge in [0.15, 0.2) is 0 Å². The molecule has 0 fully saturated rings. The first kappa shape index (κ1) is 15.7. The third kappa shape index (κ3) is 5.42. The molecule has 0 aliphatic rings. The van der Waals surface area contributed by atoms with Gasteiger partial charge in [-0.1, -0.05) is 12.1 Å². The number of nitrogens with two attached hydrogens (primary N) is 1. The Balaban J connectivity index is 2.75. The number of hydrogen-bond donors (Lipinski definition) is 2. The van der Waals surface area contributed by atoms with Gasteiger partial charge >= 0.3 is 13.6 Å². The molecular weight excluding hydrogens is 267 g/mol. The molecule has 0 aromatic heterocycles. The monoisotopic (exact) mass is 286 g/mol. The van der Waals surface area contributed by atoms with Crippen LogP contribution in [0.25, 0.3) is 0 Å². The van der Waals surface area contributed by atoms with Crippen LogP contribution in [0.3, 0.4) is 0 Å². The summed E-state index contributed by atoms with van der Waals surface area (Å²) < 4.78 is 22.7. The minimum atomic E-state index is -3.10. The topological polar surface area (TPSA) is 90.6 Å². The van der Waals surface area contributed by atoms with Crippen molar-refractivity contribution in [3.63, 3.8) is 0 Å². The quantitative estimate of drug-likeness (QED) is 0.754. The van der Waals surface area contributed by atoms with Crippen molar-refractivity contribution in [2.45, 2.75) is 20.0 Å². The normalized spacial score (nSPS) is 11.3. The molecule has 106 valence electrons. The smallest absolute Gasteiger partial charge is 0.335 e. The lowest BCUT2D eigenvalue weighted by Crippen LogP contribution is -2.19. The molecule has 0 atom stereocenters. The van der Waals surface area contributed by atoms with E-state index < -0.39 is 13.6 Å². The fourth-order valence-corrected chi connectivity index (χ4v) is 3.28. The van der Waals surface area contributed by atoms with Gasteiger partial charge in [-0.2, -0.15) is 0 Å². The lowest BCUT2D eigenvalue weighted by Gasteiger charge is -2.17. The summed E-state index contributed by atoms with van der Waals surface area (Å²) in [6.07, 6.45) is 0.200. The van der Waals surface area contributed by atoms with Crippen LogP contribution in [-0.4, -0.2) is 19.2 Å². The van der Waals surface area contributed by atoms with E-state index in [0.717, 1.165) is 5.56 Å². The van der Waals surface area contributed by atoms with Crippen molar-refractivity contribution < 1.29 is 18.4 Å². The number of hydrogen-bond acceptors (Lipinski definition) is 4. The molecule has 7 heteroatoms. The minimum absolute atomic E-state index is 0.200. The third-order valence-electron chi connectivity index (χ3n) is 2.25. The molecule has 1 rings (SSSR count). The Hall–Kier alpha value is -1.36. The lowest BCUT2D eigenvalue weighted by molar-refractivity contribution is 0.219. The number of nitrogens with one attached hydrogen (secondary N) is 1. The summed E-state index contributed by atoms with van der Waals surface area (Å²) in [6.45, 7) is 4.20. The number of rotatable bonds is 7. The second-order valence-electron chi connectivity index (χ2n) is 3.79. The molecule has 0 saturated carbocycles. The predicted molar refractivity (Wildman–Crippen MR) is 74.2 cm³/mol. The highest BCUT2D eigenvalue weighted by Gasteiger charge is 2.23. The van der Waals surface area contributed by atoms with E-state index in [1.807, 2.05) is 0 Å². The van der Waals surface area contributed by atoms with Crippen molar-refractivity contribution in [1.82, 2.24) is 0 Å². The lowest BCUT2D eigenvalue weighted by atomic mass is 10.2. The molecule has 0 unspecified atom stereocenters. The van der Waals surface area contributed by atoms with Crippen molar-refractivity contribution in [3.8, 4) is 0 Å². The molecule has 0 heterocycles. The number of carbonyl (C=O) groups excluding carboxylic acids is 1. The van der Waals surface area contributed by atoms with Gasteiger partial charge in [-0.3, -0.25) is 4.57 Å². The number of anilines is 1. The molecule has 1 aromatic rings. The standard InChI is InChI=1S/C12H19N2O4P/c1-3-17-19(16,18-4-2)9-10-5-7-11(8-6-10)14-12(13)15/h5-8H,3-4,9H2,1-2H3,(H3,13,14,15). The largest absolute Gasteiger partial charge is 0.351 e. The third-order valence-corrected chi connectivity index (χ3v) is 4.30. The average Bonchev–Trinajstić information content (AvgIpc) is 2.31. The van der Waals surface area contributed by atoms with Gasteiger partial charge in [-0.05, 0) is 31.5 Å². The van der Waals surface area contributed by atoms with Crippen LogP contribution in [0.1, 0.15) is 19.4 Å². The van der Waals surface area contributed by atoms with Gasteiger partial charge in [-0.15, -0.1) is 0 Å². The summed E-state index contributed by atoms with van der Waals surface area (Å²) in [6, 6.07) is 6.23. The second kappa shape index (κ2) is 7.28. The number of amides is 2. The van der Waals surface area contributed by atoms with E-state index in [1.165, 1.54) is 0 Å². The van der Waals surface area contributed by atoms with Gasteiger partial charge in [-0.25, -0.2) is 4.79 Å². The molecule has 0 spiro atoms. The van der Waals surface area contributed by atoms with E-state index in [0.29, 0.717) is 18.9 Å². The molecule has 0 saturated heterocycles. The molecule has 0 aliphatic carbocycles. The number of benzene rings is 1. The highest BCUT2D eigenvalue weighted by molar-refractivity contribution is 7.53. The Kier molecular flexibility index (Phi) is 6.02. The first-order chi connectivity index (χ1) is 8.99. The van der Waals surface area contributed by atoms with Gasteiger partial charge in [0.2, 0.25) is 0 Å². The van der Waals surface area contributed by atoms with Crippen molar-refractivity contribution in [2.75, 3.05) is 18.5 Å². The highest BCUT2D eigenvalue weighted by atomic mass is 31.2. The van der Waals surface area contributed by atoms with Gasteiger partial charge in [0.25, 0.3) is 0 Å². The van der Waals surface area contributed by atoms with Crippen molar-refractivity contribution in [1.29, 1.82) is 0 Å². The first-order valence-electron chi connectivity index (χ1n) is 6.02. The summed E-state index contributed by atoms with van der Waals surface area (Å²) in [5.41, 5.74) is 6.40. The Bertz CT molecular complexity index is 451. The van der Waals surface area contributed by atoms with Crippen LogP contribution < -0.4 is 11.1 Å². The van der Waals surface area contributed by atoms with Crippen LogP contribution in [-0.2, 0) is 19.8 Å². The van der Waals surface area contributed by atoms with Crippen LogP contribution in [0.2, 0.25) is 0 Å². The van der Waals surface area contributed by atoms with Gasteiger partial charge in [0.05, 0.1) is 19.4 Å². The average molecular weight is 286 g/mol. The Morgan fingerprint density at radius 2 is 1.74 bits per heavy atom. The first-order valence-corrected chi connectivity index (χ1v) is 7.75. The predicted octanol–water partition coefficient (Wildman–Crippen LogP) is 2.94. The SMILES string of the molecule is CCOP(=O)(Cc1ccc(NC(N)=O)cc1)OCC. The zero-order chi connectivity index (χ0) is 14.3. The molecule has 19 heavy (non-hydrogen) atoms. The molecule has 0 bridgehead atoms. The zero-order valence-electron chi connectivity index (χ0n) is 11.1. The maximum Gasteiger partial charge on any atom is 0.335 e. The van der Waals surface area contributed by atoms with Crippen LogP contribution >= 0.6 is 7.60 Å². The number of primary amides is 1. The van der Waals surface area contributed by atoms with Crippen LogP contribution in [0.4, 0.5) is 10.5 Å². The molecular formula is C12H19N2O4P. The Labute approximate surface area is 112 Å². The molecule has 2 amide bonds. The molecule has 6 nitrogen and oxygen atoms in total. The second-order valence-corrected chi connectivity index (χ2v) is 5.85. The Morgan fingerprint density at radius 3 is 2.16 bits per heavy atom. The van der Waals surface area contributed by atoms with Gasteiger partial charge in [0.1, 0.15) is 0 Å².